The Morgan fingerprint density at radius 1 is 1.32 bits per heavy atom. The molecule has 7 nitrogen and oxygen atoms in total. The fraction of sp³-hybridized carbons (Fsp3) is 0.350. The highest BCUT2D eigenvalue weighted by Gasteiger charge is 2.10. The third kappa shape index (κ3) is 4.72. The van der Waals surface area contributed by atoms with Crippen molar-refractivity contribution in [3.8, 4) is 5.82 Å². The molecule has 0 aliphatic heterocycles. The van der Waals surface area contributed by atoms with Gasteiger partial charge in [0.15, 0.2) is 5.96 Å². The van der Waals surface area contributed by atoms with Crippen LogP contribution < -0.4 is 5.32 Å². The highest BCUT2D eigenvalue weighted by Crippen LogP contribution is 2.14. The predicted molar refractivity (Wildman–Crippen MR) is 113 cm³/mol. The number of imidazole rings is 1. The van der Waals surface area contributed by atoms with Crippen LogP contribution in [0.2, 0.25) is 5.02 Å². The predicted octanol–water partition coefficient (Wildman–Crippen LogP) is 3.17. The molecule has 0 spiro atoms. The number of aryl methyl sites for hydroxylation is 2. The Balaban J connectivity index is 1.70. The zero-order valence-electron chi connectivity index (χ0n) is 16.7. The first-order valence-corrected chi connectivity index (χ1v) is 9.61. The van der Waals surface area contributed by atoms with E-state index in [2.05, 4.69) is 27.1 Å². The molecule has 0 amide bonds. The molecule has 0 fully saturated rings. The summed E-state index contributed by atoms with van der Waals surface area (Å²) in [5.41, 5.74) is 2.17. The van der Waals surface area contributed by atoms with E-state index in [9.17, 15) is 0 Å². The lowest BCUT2D eigenvalue weighted by atomic mass is 10.3. The van der Waals surface area contributed by atoms with Gasteiger partial charge >= 0.3 is 0 Å². The minimum absolute atomic E-state index is 0.552. The SMILES string of the molecule is CCNC(=NCc1ccc(-n2ccnc2C)nc1)N(C)Cc1cc(Cl)cn1C. The molecule has 0 aliphatic carbocycles. The van der Waals surface area contributed by atoms with Crippen molar-refractivity contribution < 1.29 is 0 Å². The van der Waals surface area contributed by atoms with Gasteiger partial charge in [0, 0.05) is 51.1 Å². The average Bonchev–Trinajstić information content (AvgIpc) is 3.23. The van der Waals surface area contributed by atoms with Crippen molar-refractivity contribution in [2.24, 2.45) is 12.0 Å². The number of halogens is 1. The van der Waals surface area contributed by atoms with Gasteiger partial charge in [0.1, 0.15) is 11.6 Å². The van der Waals surface area contributed by atoms with E-state index in [0.29, 0.717) is 13.1 Å². The molecule has 148 valence electrons. The molecule has 0 aromatic carbocycles. The van der Waals surface area contributed by atoms with E-state index < -0.39 is 0 Å². The summed E-state index contributed by atoms with van der Waals surface area (Å²) >= 11 is 6.09. The van der Waals surface area contributed by atoms with Crippen LogP contribution in [-0.2, 0) is 20.1 Å². The van der Waals surface area contributed by atoms with Crippen molar-refractivity contribution in [1.82, 2.24) is 29.3 Å². The lowest BCUT2D eigenvalue weighted by Gasteiger charge is -2.22. The van der Waals surface area contributed by atoms with Crippen molar-refractivity contribution >= 4 is 17.6 Å². The number of nitrogens with one attached hydrogen (secondary N) is 1. The van der Waals surface area contributed by atoms with Gasteiger partial charge in [0.2, 0.25) is 0 Å². The van der Waals surface area contributed by atoms with Crippen molar-refractivity contribution in [1.29, 1.82) is 0 Å². The summed E-state index contributed by atoms with van der Waals surface area (Å²) in [5, 5.41) is 4.08. The Hall–Kier alpha value is -2.80. The van der Waals surface area contributed by atoms with E-state index >= 15 is 0 Å². The highest BCUT2D eigenvalue weighted by molar-refractivity contribution is 6.30. The molecule has 8 heteroatoms. The molecule has 28 heavy (non-hydrogen) atoms. The summed E-state index contributed by atoms with van der Waals surface area (Å²) in [6, 6.07) is 6.01. The molecule has 0 bridgehead atoms. The van der Waals surface area contributed by atoms with Gasteiger partial charge in [-0.25, -0.2) is 15.0 Å². The van der Waals surface area contributed by atoms with Gasteiger partial charge in [-0.2, -0.15) is 0 Å². The molecule has 3 aromatic rings. The smallest absolute Gasteiger partial charge is 0.194 e. The lowest BCUT2D eigenvalue weighted by molar-refractivity contribution is 0.462. The number of aliphatic imine (C=N–C) groups is 1. The number of hydrogen-bond acceptors (Lipinski definition) is 3. The number of rotatable bonds is 6. The van der Waals surface area contributed by atoms with Crippen LogP contribution in [0.25, 0.3) is 5.82 Å². The zero-order chi connectivity index (χ0) is 20.1. The van der Waals surface area contributed by atoms with Crippen LogP contribution in [0.15, 0.2) is 48.0 Å². The van der Waals surface area contributed by atoms with Gasteiger partial charge in [-0.1, -0.05) is 17.7 Å². The zero-order valence-corrected chi connectivity index (χ0v) is 17.5. The maximum absolute atomic E-state index is 6.09. The van der Waals surface area contributed by atoms with Gasteiger partial charge < -0.3 is 14.8 Å². The fourth-order valence-corrected chi connectivity index (χ4v) is 3.22. The Bertz CT molecular complexity index is 940. The Morgan fingerprint density at radius 3 is 2.71 bits per heavy atom. The normalized spacial score (nSPS) is 11.7. The first-order chi connectivity index (χ1) is 13.5. The third-order valence-electron chi connectivity index (χ3n) is 4.46. The van der Waals surface area contributed by atoms with E-state index in [0.717, 1.165) is 40.4 Å². The maximum atomic E-state index is 6.09. The van der Waals surface area contributed by atoms with Crippen molar-refractivity contribution in [3.05, 3.63) is 65.1 Å². The second-order valence-electron chi connectivity index (χ2n) is 6.66. The number of pyridine rings is 1. The molecule has 3 aromatic heterocycles. The molecular formula is C20H26ClN7. The summed E-state index contributed by atoms with van der Waals surface area (Å²) in [4.78, 5) is 15.6. The second-order valence-corrected chi connectivity index (χ2v) is 7.09. The summed E-state index contributed by atoms with van der Waals surface area (Å²) in [5.74, 6) is 2.61. The number of aromatic nitrogens is 4. The minimum Gasteiger partial charge on any atom is -0.357 e. The fourth-order valence-electron chi connectivity index (χ4n) is 2.95. The summed E-state index contributed by atoms with van der Waals surface area (Å²) in [6.07, 6.45) is 7.44. The topological polar surface area (TPSA) is 63.3 Å². The molecule has 0 atom stereocenters. The first kappa shape index (κ1) is 19.9. The minimum atomic E-state index is 0.552. The lowest BCUT2D eigenvalue weighted by Crippen LogP contribution is -2.38. The number of guanidine groups is 1. The molecule has 0 unspecified atom stereocenters. The van der Waals surface area contributed by atoms with E-state index in [1.54, 1.807) is 6.20 Å². The van der Waals surface area contributed by atoms with Crippen molar-refractivity contribution in [2.45, 2.75) is 26.9 Å². The molecule has 0 radical (unpaired) electrons. The van der Waals surface area contributed by atoms with E-state index in [1.807, 2.05) is 66.9 Å². The first-order valence-electron chi connectivity index (χ1n) is 9.23. The van der Waals surface area contributed by atoms with Crippen LogP contribution in [-0.4, -0.2) is 43.6 Å². The number of hydrogen-bond donors (Lipinski definition) is 1. The van der Waals surface area contributed by atoms with Crippen molar-refractivity contribution in [3.63, 3.8) is 0 Å². The molecular weight excluding hydrogens is 374 g/mol. The second kappa shape index (κ2) is 8.93. The van der Waals surface area contributed by atoms with E-state index in [-0.39, 0.29) is 0 Å². The molecule has 0 aliphatic rings. The molecule has 0 saturated carbocycles. The van der Waals surface area contributed by atoms with Gasteiger partial charge in [0.05, 0.1) is 18.1 Å². The van der Waals surface area contributed by atoms with Crippen LogP contribution in [0.1, 0.15) is 24.0 Å². The van der Waals surface area contributed by atoms with Gasteiger partial charge in [-0.05, 0) is 31.5 Å². The third-order valence-corrected chi connectivity index (χ3v) is 4.67. The largest absolute Gasteiger partial charge is 0.357 e. The Labute approximate surface area is 170 Å². The highest BCUT2D eigenvalue weighted by atomic mass is 35.5. The van der Waals surface area contributed by atoms with Gasteiger partial charge in [0.25, 0.3) is 0 Å². The van der Waals surface area contributed by atoms with E-state index in [1.165, 1.54) is 0 Å². The quantitative estimate of drug-likeness (QED) is 0.510. The average molecular weight is 400 g/mol. The standard InChI is InChI=1S/C20H26ClN7/c1-5-22-20(27(4)14-18-10-17(21)13-26(18)3)25-12-16-6-7-19(24-11-16)28-9-8-23-15(28)2/h6-11,13H,5,12,14H2,1-4H3,(H,22,25). The number of nitrogens with zero attached hydrogens (tertiary/aromatic N) is 6. The van der Waals surface area contributed by atoms with E-state index in [4.69, 9.17) is 16.6 Å². The van der Waals surface area contributed by atoms with Gasteiger partial charge in [-0.15, -0.1) is 0 Å². The van der Waals surface area contributed by atoms with Gasteiger partial charge in [-0.3, -0.25) is 4.57 Å². The maximum Gasteiger partial charge on any atom is 0.194 e. The monoisotopic (exact) mass is 399 g/mol. The Kier molecular flexibility index (Phi) is 6.36. The van der Waals surface area contributed by atoms with Crippen LogP contribution in [0, 0.1) is 6.92 Å². The summed E-state index contributed by atoms with van der Waals surface area (Å²) in [7, 11) is 4.01. The molecule has 0 saturated heterocycles. The van der Waals surface area contributed by atoms with Crippen molar-refractivity contribution in [2.75, 3.05) is 13.6 Å². The van der Waals surface area contributed by atoms with Crippen LogP contribution >= 0.6 is 11.6 Å². The summed E-state index contributed by atoms with van der Waals surface area (Å²) in [6.45, 7) is 6.09. The molecule has 3 rings (SSSR count). The molecule has 1 N–H and O–H groups in total. The van der Waals surface area contributed by atoms with Crippen LogP contribution in [0.4, 0.5) is 0 Å². The summed E-state index contributed by atoms with van der Waals surface area (Å²) < 4.78 is 3.99. The molecule has 3 heterocycles. The van der Waals surface area contributed by atoms with Crippen LogP contribution in [0.5, 0.6) is 0 Å². The van der Waals surface area contributed by atoms with Crippen LogP contribution in [0.3, 0.4) is 0 Å². The Morgan fingerprint density at radius 2 is 2.14 bits per heavy atom.